The van der Waals surface area contributed by atoms with Gasteiger partial charge >= 0.3 is 6.61 Å². The van der Waals surface area contributed by atoms with E-state index in [4.69, 9.17) is 0 Å². The Morgan fingerprint density at radius 1 is 1.28 bits per heavy atom. The van der Waals surface area contributed by atoms with Crippen LogP contribution >= 0.6 is 0 Å². The summed E-state index contributed by atoms with van der Waals surface area (Å²) in [7, 11) is 0. The van der Waals surface area contributed by atoms with Crippen LogP contribution in [0.2, 0.25) is 0 Å². The summed E-state index contributed by atoms with van der Waals surface area (Å²) in [5.74, 6) is 0.526. The van der Waals surface area contributed by atoms with E-state index in [1.807, 2.05) is 6.92 Å². The molecule has 0 aromatic heterocycles. The van der Waals surface area contributed by atoms with E-state index in [0.29, 0.717) is 36.4 Å². The van der Waals surface area contributed by atoms with Crippen molar-refractivity contribution in [2.24, 2.45) is 5.92 Å². The molecule has 25 heavy (non-hydrogen) atoms. The second kappa shape index (κ2) is 8.13. The summed E-state index contributed by atoms with van der Waals surface area (Å²) in [6, 6.07) is 7.46. The molecule has 1 aromatic carbocycles. The van der Waals surface area contributed by atoms with Gasteiger partial charge in [-0.3, -0.25) is 4.79 Å². The van der Waals surface area contributed by atoms with Gasteiger partial charge in [-0.05, 0) is 44.1 Å². The van der Waals surface area contributed by atoms with Gasteiger partial charge in [-0.2, -0.15) is 8.78 Å². The normalized spacial score (nSPS) is 26.5. The SMILES string of the molecule is CCC(NC(=O)CC1CC2CCC(C1)N2)c1ccccc1OC(F)F. The number of halogens is 2. The third-order valence-electron chi connectivity index (χ3n) is 5.30. The summed E-state index contributed by atoms with van der Waals surface area (Å²) in [6.07, 6.45) is 5.63. The van der Waals surface area contributed by atoms with Crippen LogP contribution in [0, 0.1) is 5.92 Å². The van der Waals surface area contributed by atoms with Crippen molar-refractivity contribution in [2.75, 3.05) is 0 Å². The zero-order valence-electron chi connectivity index (χ0n) is 14.5. The lowest BCUT2D eigenvalue weighted by molar-refractivity contribution is -0.123. The predicted molar refractivity (Wildman–Crippen MR) is 91.5 cm³/mol. The Hall–Kier alpha value is -1.69. The summed E-state index contributed by atoms with van der Waals surface area (Å²) in [5.41, 5.74) is 0.601. The standard InChI is InChI=1S/C19H26F2N2O2/c1-2-16(15-5-3-4-6-17(15)25-19(20)21)23-18(24)11-12-9-13-7-8-14(10-12)22-13/h3-6,12-14,16,19,22H,2,7-11H2,1H3,(H,23,24). The van der Waals surface area contributed by atoms with Gasteiger partial charge in [-0.25, -0.2) is 0 Å². The zero-order chi connectivity index (χ0) is 17.8. The van der Waals surface area contributed by atoms with E-state index < -0.39 is 6.61 Å². The Bertz CT molecular complexity index is 585. The Morgan fingerprint density at radius 3 is 2.60 bits per heavy atom. The van der Waals surface area contributed by atoms with Crippen molar-refractivity contribution in [2.45, 2.75) is 70.2 Å². The molecular weight excluding hydrogens is 326 g/mol. The molecule has 6 heteroatoms. The Kier molecular flexibility index (Phi) is 5.89. The Morgan fingerprint density at radius 2 is 1.96 bits per heavy atom. The van der Waals surface area contributed by atoms with Gasteiger partial charge in [0.05, 0.1) is 6.04 Å². The maximum absolute atomic E-state index is 12.6. The maximum atomic E-state index is 12.6. The van der Waals surface area contributed by atoms with Crippen LogP contribution in [0.1, 0.15) is 57.1 Å². The molecule has 2 aliphatic rings. The van der Waals surface area contributed by atoms with E-state index >= 15 is 0 Å². The Balaban J connectivity index is 1.61. The van der Waals surface area contributed by atoms with E-state index in [2.05, 4.69) is 15.4 Å². The zero-order valence-corrected chi connectivity index (χ0v) is 14.5. The van der Waals surface area contributed by atoms with Crippen molar-refractivity contribution in [3.8, 4) is 5.75 Å². The largest absolute Gasteiger partial charge is 0.434 e. The fourth-order valence-corrected chi connectivity index (χ4v) is 4.23. The number of alkyl halides is 2. The van der Waals surface area contributed by atoms with Crippen LogP contribution in [0.4, 0.5) is 8.78 Å². The monoisotopic (exact) mass is 352 g/mol. The number of piperidine rings is 1. The van der Waals surface area contributed by atoms with E-state index in [0.717, 1.165) is 12.8 Å². The van der Waals surface area contributed by atoms with Crippen molar-refractivity contribution >= 4 is 5.91 Å². The van der Waals surface area contributed by atoms with Crippen molar-refractivity contribution in [1.82, 2.24) is 10.6 Å². The summed E-state index contributed by atoms with van der Waals surface area (Å²) < 4.78 is 29.8. The molecule has 0 aliphatic carbocycles. The lowest BCUT2D eigenvalue weighted by Gasteiger charge is -2.29. The molecule has 0 radical (unpaired) electrons. The van der Waals surface area contributed by atoms with Gasteiger partial charge in [0.25, 0.3) is 0 Å². The van der Waals surface area contributed by atoms with Crippen molar-refractivity contribution in [1.29, 1.82) is 0 Å². The highest BCUT2D eigenvalue weighted by Gasteiger charge is 2.34. The first-order valence-corrected chi connectivity index (χ1v) is 9.14. The number of fused-ring (bicyclic) bond motifs is 2. The van der Waals surface area contributed by atoms with Crippen LogP contribution in [0.25, 0.3) is 0 Å². The van der Waals surface area contributed by atoms with E-state index in [-0.39, 0.29) is 17.7 Å². The molecule has 1 aromatic rings. The highest BCUT2D eigenvalue weighted by atomic mass is 19.3. The van der Waals surface area contributed by atoms with Gasteiger partial charge in [0.2, 0.25) is 5.91 Å². The number of carbonyl (C=O) groups excluding carboxylic acids is 1. The Labute approximate surface area is 147 Å². The smallest absolute Gasteiger partial charge is 0.387 e. The lowest BCUT2D eigenvalue weighted by Crippen LogP contribution is -2.40. The van der Waals surface area contributed by atoms with Crippen LogP contribution in [0.3, 0.4) is 0 Å². The number of para-hydroxylation sites is 1. The number of rotatable bonds is 7. The summed E-state index contributed by atoms with van der Waals surface area (Å²) in [5, 5.41) is 6.59. The van der Waals surface area contributed by atoms with Crippen LogP contribution in [0.15, 0.2) is 24.3 Å². The maximum Gasteiger partial charge on any atom is 0.387 e. The molecule has 0 spiro atoms. The first-order valence-electron chi connectivity index (χ1n) is 9.14. The second-order valence-electron chi connectivity index (χ2n) is 7.12. The third-order valence-corrected chi connectivity index (χ3v) is 5.30. The van der Waals surface area contributed by atoms with Crippen LogP contribution in [-0.4, -0.2) is 24.6 Å². The van der Waals surface area contributed by atoms with Crippen LogP contribution < -0.4 is 15.4 Å². The van der Waals surface area contributed by atoms with Crippen molar-refractivity contribution in [3.63, 3.8) is 0 Å². The van der Waals surface area contributed by atoms with Crippen LogP contribution in [0.5, 0.6) is 5.75 Å². The van der Waals surface area contributed by atoms with Crippen molar-refractivity contribution < 1.29 is 18.3 Å². The summed E-state index contributed by atoms with van der Waals surface area (Å²) in [4.78, 5) is 12.5. The number of carbonyl (C=O) groups is 1. The minimum Gasteiger partial charge on any atom is -0.434 e. The number of ether oxygens (including phenoxy) is 1. The van der Waals surface area contributed by atoms with Crippen molar-refractivity contribution in [3.05, 3.63) is 29.8 Å². The number of amides is 1. The van der Waals surface area contributed by atoms with Gasteiger partial charge in [-0.15, -0.1) is 0 Å². The minimum absolute atomic E-state index is 0.00926. The average molecular weight is 352 g/mol. The van der Waals surface area contributed by atoms with E-state index in [9.17, 15) is 13.6 Å². The molecule has 0 saturated carbocycles. The third kappa shape index (κ3) is 4.69. The fourth-order valence-electron chi connectivity index (χ4n) is 4.23. The minimum atomic E-state index is -2.88. The molecule has 2 fully saturated rings. The highest BCUT2D eigenvalue weighted by molar-refractivity contribution is 5.76. The molecule has 2 bridgehead atoms. The molecule has 1 amide bonds. The van der Waals surface area contributed by atoms with Gasteiger partial charge in [0.15, 0.2) is 0 Å². The summed E-state index contributed by atoms with van der Waals surface area (Å²) in [6.45, 7) is -0.950. The second-order valence-corrected chi connectivity index (χ2v) is 7.12. The lowest BCUT2D eigenvalue weighted by atomic mass is 9.89. The van der Waals surface area contributed by atoms with Gasteiger partial charge in [0, 0.05) is 24.1 Å². The molecule has 4 nitrogen and oxygen atoms in total. The molecular formula is C19H26F2N2O2. The fraction of sp³-hybridized carbons (Fsp3) is 0.632. The first kappa shape index (κ1) is 18.1. The highest BCUT2D eigenvalue weighted by Crippen LogP contribution is 2.33. The van der Waals surface area contributed by atoms with Gasteiger partial charge < -0.3 is 15.4 Å². The predicted octanol–water partition coefficient (Wildman–Crippen LogP) is 3.78. The molecule has 3 unspecified atom stereocenters. The van der Waals surface area contributed by atoms with Gasteiger partial charge in [-0.1, -0.05) is 25.1 Å². The summed E-state index contributed by atoms with van der Waals surface area (Å²) >= 11 is 0. The van der Waals surface area contributed by atoms with Crippen LogP contribution in [-0.2, 0) is 4.79 Å². The molecule has 2 aliphatic heterocycles. The molecule has 2 N–H and O–H groups in total. The molecule has 3 rings (SSSR count). The number of nitrogens with one attached hydrogen (secondary N) is 2. The topological polar surface area (TPSA) is 50.4 Å². The first-order chi connectivity index (χ1) is 12.0. The number of hydrogen-bond acceptors (Lipinski definition) is 3. The number of hydrogen-bond donors (Lipinski definition) is 2. The molecule has 2 saturated heterocycles. The average Bonchev–Trinajstić information content (AvgIpc) is 2.91. The molecule has 138 valence electrons. The quantitative estimate of drug-likeness (QED) is 0.785. The molecule has 3 atom stereocenters. The van der Waals surface area contributed by atoms with Gasteiger partial charge in [0.1, 0.15) is 5.75 Å². The van der Waals surface area contributed by atoms with E-state index in [1.54, 1.807) is 18.2 Å². The number of benzene rings is 1. The molecule has 2 heterocycles. The van der Waals surface area contributed by atoms with E-state index in [1.165, 1.54) is 18.9 Å².